The first kappa shape index (κ1) is 13.3. The summed E-state index contributed by atoms with van der Waals surface area (Å²) < 4.78 is 23.6. The fourth-order valence-corrected chi connectivity index (χ4v) is 1.90. The maximum absolute atomic E-state index is 13.4. The van der Waals surface area contributed by atoms with E-state index >= 15 is 0 Å². The molecule has 19 heavy (non-hydrogen) atoms. The standard InChI is InChI=1S/C14H17FN2O2/c1-9(6-10-4-3-5-19-10)17-13-8-14(18-2)11(15)7-12(13)16/h3-5,7-9,17H,6,16H2,1-2H3. The van der Waals surface area contributed by atoms with Crippen molar-refractivity contribution in [2.24, 2.45) is 0 Å². The second kappa shape index (κ2) is 5.65. The summed E-state index contributed by atoms with van der Waals surface area (Å²) >= 11 is 0. The van der Waals surface area contributed by atoms with E-state index in [-0.39, 0.29) is 11.8 Å². The lowest BCUT2D eigenvalue weighted by atomic mass is 10.1. The molecule has 4 nitrogen and oxygen atoms in total. The van der Waals surface area contributed by atoms with Gasteiger partial charge in [-0.2, -0.15) is 0 Å². The van der Waals surface area contributed by atoms with Gasteiger partial charge in [0.05, 0.1) is 24.7 Å². The van der Waals surface area contributed by atoms with Gasteiger partial charge in [0.15, 0.2) is 11.6 Å². The second-order valence-corrected chi connectivity index (χ2v) is 4.40. The fourth-order valence-electron chi connectivity index (χ4n) is 1.90. The van der Waals surface area contributed by atoms with Gasteiger partial charge in [0.25, 0.3) is 0 Å². The number of nitrogens with one attached hydrogen (secondary N) is 1. The van der Waals surface area contributed by atoms with Gasteiger partial charge >= 0.3 is 0 Å². The van der Waals surface area contributed by atoms with Crippen LogP contribution in [0.1, 0.15) is 12.7 Å². The summed E-state index contributed by atoms with van der Waals surface area (Å²) in [6, 6.07) is 6.66. The molecule has 2 rings (SSSR count). The largest absolute Gasteiger partial charge is 0.494 e. The van der Waals surface area contributed by atoms with E-state index in [2.05, 4.69) is 5.32 Å². The van der Waals surface area contributed by atoms with Crippen LogP contribution in [0.25, 0.3) is 0 Å². The summed E-state index contributed by atoms with van der Waals surface area (Å²) in [5.41, 5.74) is 6.79. The van der Waals surface area contributed by atoms with Gasteiger partial charge in [0.1, 0.15) is 5.76 Å². The number of hydrogen-bond acceptors (Lipinski definition) is 4. The van der Waals surface area contributed by atoms with Crippen LogP contribution in [-0.2, 0) is 6.42 Å². The Morgan fingerprint density at radius 1 is 1.47 bits per heavy atom. The zero-order valence-electron chi connectivity index (χ0n) is 10.9. The fraction of sp³-hybridized carbons (Fsp3) is 0.286. The van der Waals surface area contributed by atoms with E-state index in [9.17, 15) is 4.39 Å². The number of hydrogen-bond donors (Lipinski definition) is 2. The average molecular weight is 264 g/mol. The Balaban J connectivity index is 2.09. The van der Waals surface area contributed by atoms with Crippen molar-refractivity contribution in [3.8, 4) is 5.75 Å². The Morgan fingerprint density at radius 3 is 2.89 bits per heavy atom. The molecule has 0 radical (unpaired) electrons. The molecule has 0 bridgehead atoms. The molecule has 0 aliphatic heterocycles. The Bertz CT molecular complexity index is 541. The number of nitrogen functional groups attached to an aromatic ring is 1. The summed E-state index contributed by atoms with van der Waals surface area (Å²) in [6.45, 7) is 2.00. The number of benzene rings is 1. The van der Waals surface area contributed by atoms with Gasteiger partial charge < -0.3 is 20.2 Å². The molecule has 0 amide bonds. The van der Waals surface area contributed by atoms with Crippen LogP contribution < -0.4 is 15.8 Å². The van der Waals surface area contributed by atoms with Gasteiger partial charge in [-0.1, -0.05) is 0 Å². The molecule has 2 aromatic rings. The van der Waals surface area contributed by atoms with Crippen molar-refractivity contribution >= 4 is 11.4 Å². The van der Waals surface area contributed by atoms with Crippen LogP contribution in [0, 0.1) is 5.82 Å². The van der Waals surface area contributed by atoms with Crippen molar-refractivity contribution in [3.63, 3.8) is 0 Å². The van der Waals surface area contributed by atoms with Gasteiger partial charge in [0, 0.05) is 24.6 Å². The van der Waals surface area contributed by atoms with Crippen LogP contribution in [-0.4, -0.2) is 13.2 Å². The summed E-state index contributed by atoms with van der Waals surface area (Å²) in [5.74, 6) is 0.582. The van der Waals surface area contributed by atoms with Crippen molar-refractivity contribution in [2.45, 2.75) is 19.4 Å². The summed E-state index contributed by atoms with van der Waals surface area (Å²) in [7, 11) is 1.42. The molecule has 5 heteroatoms. The first-order valence-electron chi connectivity index (χ1n) is 6.02. The van der Waals surface area contributed by atoms with Gasteiger partial charge in [0.2, 0.25) is 0 Å². The molecule has 0 aliphatic rings. The van der Waals surface area contributed by atoms with Crippen LogP contribution >= 0.6 is 0 Å². The van der Waals surface area contributed by atoms with E-state index in [1.165, 1.54) is 13.2 Å². The van der Waals surface area contributed by atoms with Crippen molar-refractivity contribution in [3.05, 3.63) is 42.1 Å². The first-order valence-corrected chi connectivity index (χ1v) is 6.02. The molecular weight excluding hydrogens is 247 g/mol. The highest BCUT2D eigenvalue weighted by molar-refractivity contribution is 5.69. The lowest BCUT2D eigenvalue weighted by molar-refractivity contribution is 0.387. The molecule has 1 unspecified atom stereocenters. The molecule has 0 aliphatic carbocycles. The van der Waals surface area contributed by atoms with Gasteiger partial charge in [-0.3, -0.25) is 0 Å². The van der Waals surface area contributed by atoms with Crippen LogP contribution in [0.15, 0.2) is 34.9 Å². The quantitative estimate of drug-likeness (QED) is 0.815. The van der Waals surface area contributed by atoms with E-state index < -0.39 is 5.82 Å². The Hall–Kier alpha value is -2.17. The molecule has 102 valence electrons. The molecule has 1 aromatic carbocycles. The van der Waals surface area contributed by atoms with Crippen molar-refractivity contribution in [1.82, 2.24) is 0 Å². The van der Waals surface area contributed by atoms with Crippen molar-refractivity contribution in [1.29, 1.82) is 0 Å². The molecule has 0 fully saturated rings. The lowest BCUT2D eigenvalue weighted by Crippen LogP contribution is -2.18. The monoisotopic (exact) mass is 264 g/mol. The molecule has 1 aromatic heterocycles. The van der Waals surface area contributed by atoms with E-state index in [0.29, 0.717) is 17.8 Å². The van der Waals surface area contributed by atoms with Crippen molar-refractivity contribution < 1.29 is 13.5 Å². The normalized spacial score (nSPS) is 12.2. The van der Waals surface area contributed by atoms with Crippen LogP contribution in [0.2, 0.25) is 0 Å². The molecule has 1 atom stereocenters. The highest BCUT2D eigenvalue weighted by atomic mass is 19.1. The maximum Gasteiger partial charge on any atom is 0.167 e. The average Bonchev–Trinajstić information content (AvgIpc) is 2.85. The number of methoxy groups -OCH3 is 1. The number of ether oxygens (including phenoxy) is 1. The van der Waals surface area contributed by atoms with Crippen LogP contribution in [0.5, 0.6) is 5.75 Å². The molecule has 0 saturated heterocycles. The van der Waals surface area contributed by atoms with Gasteiger partial charge in [-0.05, 0) is 19.1 Å². The molecule has 1 heterocycles. The smallest absolute Gasteiger partial charge is 0.167 e. The van der Waals surface area contributed by atoms with E-state index in [1.54, 1.807) is 12.3 Å². The van der Waals surface area contributed by atoms with Gasteiger partial charge in [-0.15, -0.1) is 0 Å². The predicted molar refractivity (Wildman–Crippen MR) is 72.9 cm³/mol. The van der Waals surface area contributed by atoms with Crippen LogP contribution in [0.3, 0.4) is 0 Å². The zero-order valence-corrected chi connectivity index (χ0v) is 10.9. The highest BCUT2D eigenvalue weighted by Gasteiger charge is 2.11. The third-order valence-electron chi connectivity index (χ3n) is 2.81. The summed E-state index contributed by atoms with van der Waals surface area (Å²) in [6.07, 6.45) is 2.35. The minimum Gasteiger partial charge on any atom is -0.494 e. The lowest BCUT2D eigenvalue weighted by Gasteiger charge is -2.17. The highest BCUT2D eigenvalue weighted by Crippen LogP contribution is 2.28. The Morgan fingerprint density at radius 2 is 2.26 bits per heavy atom. The van der Waals surface area contributed by atoms with E-state index in [0.717, 1.165) is 5.76 Å². The minimum absolute atomic E-state index is 0.101. The molecule has 0 spiro atoms. The van der Waals surface area contributed by atoms with Gasteiger partial charge in [-0.25, -0.2) is 4.39 Å². The number of rotatable bonds is 5. The number of anilines is 2. The van der Waals surface area contributed by atoms with Crippen LogP contribution in [0.4, 0.5) is 15.8 Å². The van der Waals surface area contributed by atoms with Crippen molar-refractivity contribution in [2.75, 3.05) is 18.2 Å². The second-order valence-electron chi connectivity index (χ2n) is 4.40. The SMILES string of the molecule is COc1cc(NC(C)Cc2ccco2)c(N)cc1F. The predicted octanol–water partition coefficient (Wildman–Crippen LogP) is 3.05. The third kappa shape index (κ3) is 3.19. The zero-order chi connectivity index (χ0) is 13.8. The summed E-state index contributed by atoms with van der Waals surface area (Å²) in [4.78, 5) is 0. The maximum atomic E-state index is 13.4. The Labute approximate surface area is 111 Å². The molecule has 3 N–H and O–H groups in total. The third-order valence-corrected chi connectivity index (χ3v) is 2.81. The number of furan rings is 1. The molecule has 0 saturated carbocycles. The number of halogens is 1. The van der Waals surface area contributed by atoms with E-state index in [4.69, 9.17) is 14.9 Å². The minimum atomic E-state index is -0.468. The summed E-state index contributed by atoms with van der Waals surface area (Å²) in [5, 5.41) is 3.22. The Kier molecular flexibility index (Phi) is 3.94. The topological polar surface area (TPSA) is 60.4 Å². The first-order chi connectivity index (χ1) is 9.10. The van der Waals surface area contributed by atoms with E-state index in [1.807, 2.05) is 19.1 Å². The molecular formula is C14H17FN2O2. The number of nitrogens with two attached hydrogens (primary N) is 1.